The van der Waals surface area contributed by atoms with Gasteiger partial charge in [0.1, 0.15) is 11.5 Å². The molecule has 1 aliphatic carbocycles. The van der Waals surface area contributed by atoms with Gasteiger partial charge in [0, 0.05) is 11.6 Å². The summed E-state index contributed by atoms with van der Waals surface area (Å²) in [7, 11) is 0. The first-order valence-electron chi connectivity index (χ1n) is 4.46. The van der Waals surface area contributed by atoms with E-state index in [4.69, 9.17) is 5.73 Å². The van der Waals surface area contributed by atoms with E-state index in [9.17, 15) is 10.2 Å². The summed E-state index contributed by atoms with van der Waals surface area (Å²) in [5, 5.41) is 18.7. The SMILES string of the molecule is Cl.N[C@H](c1cc(O)ccc1O)C1CC1. The summed E-state index contributed by atoms with van der Waals surface area (Å²) in [6, 6.07) is 4.34. The first-order valence-corrected chi connectivity index (χ1v) is 4.46. The fraction of sp³-hybridized carbons (Fsp3) is 0.400. The Bertz CT molecular complexity index is 326. The predicted molar refractivity (Wildman–Crippen MR) is 56.7 cm³/mol. The molecule has 1 aromatic rings. The number of aromatic hydroxyl groups is 2. The van der Waals surface area contributed by atoms with Gasteiger partial charge < -0.3 is 15.9 Å². The van der Waals surface area contributed by atoms with Crippen LogP contribution in [0.5, 0.6) is 11.5 Å². The molecule has 1 saturated carbocycles. The molecule has 14 heavy (non-hydrogen) atoms. The number of rotatable bonds is 2. The largest absolute Gasteiger partial charge is 0.508 e. The smallest absolute Gasteiger partial charge is 0.120 e. The molecule has 1 aromatic carbocycles. The van der Waals surface area contributed by atoms with E-state index in [0.29, 0.717) is 11.5 Å². The molecule has 0 radical (unpaired) electrons. The molecular formula is C10H14ClNO2. The average molecular weight is 216 g/mol. The Hall–Kier alpha value is -0.930. The monoisotopic (exact) mass is 215 g/mol. The minimum absolute atomic E-state index is 0. The van der Waals surface area contributed by atoms with Gasteiger partial charge >= 0.3 is 0 Å². The highest BCUT2D eigenvalue weighted by Crippen LogP contribution is 2.42. The van der Waals surface area contributed by atoms with Gasteiger partial charge in [-0.25, -0.2) is 0 Å². The number of hydrogen-bond donors (Lipinski definition) is 3. The number of nitrogens with two attached hydrogens (primary N) is 1. The van der Waals surface area contributed by atoms with Gasteiger partial charge in [0.25, 0.3) is 0 Å². The second kappa shape index (κ2) is 4.07. The third-order valence-corrected chi connectivity index (χ3v) is 2.50. The van der Waals surface area contributed by atoms with Crippen LogP contribution in [0.3, 0.4) is 0 Å². The molecule has 2 rings (SSSR count). The van der Waals surface area contributed by atoms with Crippen LogP contribution >= 0.6 is 12.4 Å². The minimum atomic E-state index is -0.132. The normalized spacial score (nSPS) is 17.2. The van der Waals surface area contributed by atoms with Crippen molar-refractivity contribution in [2.24, 2.45) is 11.7 Å². The average Bonchev–Trinajstić information content (AvgIpc) is 2.91. The van der Waals surface area contributed by atoms with E-state index in [2.05, 4.69) is 0 Å². The van der Waals surface area contributed by atoms with Crippen LogP contribution in [-0.2, 0) is 0 Å². The summed E-state index contributed by atoms with van der Waals surface area (Å²) in [6.07, 6.45) is 2.24. The van der Waals surface area contributed by atoms with E-state index in [1.165, 1.54) is 12.1 Å². The lowest BCUT2D eigenvalue weighted by Crippen LogP contribution is -2.12. The summed E-state index contributed by atoms with van der Waals surface area (Å²) in [5.74, 6) is 0.814. The summed E-state index contributed by atoms with van der Waals surface area (Å²) in [5.41, 5.74) is 6.55. The lowest BCUT2D eigenvalue weighted by molar-refractivity contribution is 0.444. The van der Waals surface area contributed by atoms with Crippen LogP contribution in [-0.4, -0.2) is 10.2 Å². The molecular weight excluding hydrogens is 202 g/mol. The molecule has 4 heteroatoms. The molecule has 0 heterocycles. The third-order valence-electron chi connectivity index (χ3n) is 2.50. The fourth-order valence-corrected chi connectivity index (χ4v) is 1.52. The third kappa shape index (κ3) is 2.11. The van der Waals surface area contributed by atoms with Crippen LogP contribution < -0.4 is 5.73 Å². The molecule has 0 aliphatic heterocycles. The van der Waals surface area contributed by atoms with Crippen LogP contribution in [0.2, 0.25) is 0 Å². The summed E-state index contributed by atoms with van der Waals surface area (Å²) in [6.45, 7) is 0. The minimum Gasteiger partial charge on any atom is -0.508 e. The van der Waals surface area contributed by atoms with Gasteiger partial charge in [0.05, 0.1) is 0 Å². The highest BCUT2D eigenvalue weighted by Gasteiger charge is 2.31. The van der Waals surface area contributed by atoms with E-state index < -0.39 is 0 Å². The molecule has 1 atom stereocenters. The Morgan fingerprint density at radius 1 is 1.29 bits per heavy atom. The van der Waals surface area contributed by atoms with Gasteiger partial charge in [-0.3, -0.25) is 0 Å². The van der Waals surface area contributed by atoms with Crippen molar-refractivity contribution in [1.29, 1.82) is 0 Å². The lowest BCUT2D eigenvalue weighted by atomic mass is 10.0. The molecule has 0 bridgehead atoms. The first kappa shape index (κ1) is 11.1. The highest BCUT2D eigenvalue weighted by molar-refractivity contribution is 5.85. The maximum absolute atomic E-state index is 9.49. The Kier molecular flexibility index (Phi) is 3.24. The Morgan fingerprint density at radius 3 is 2.50 bits per heavy atom. The van der Waals surface area contributed by atoms with Gasteiger partial charge in [-0.2, -0.15) is 0 Å². The zero-order valence-electron chi connectivity index (χ0n) is 7.68. The first-order chi connectivity index (χ1) is 6.18. The van der Waals surface area contributed by atoms with Gasteiger partial charge in [-0.05, 0) is 37.0 Å². The molecule has 1 aliphatic rings. The number of benzene rings is 1. The fourth-order valence-electron chi connectivity index (χ4n) is 1.52. The lowest BCUT2D eigenvalue weighted by Gasteiger charge is -2.12. The van der Waals surface area contributed by atoms with Crippen LogP contribution in [0.25, 0.3) is 0 Å². The Balaban J connectivity index is 0.000000980. The van der Waals surface area contributed by atoms with Crippen LogP contribution in [0.4, 0.5) is 0 Å². The van der Waals surface area contributed by atoms with Gasteiger partial charge in [-0.1, -0.05) is 0 Å². The highest BCUT2D eigenvalue weighted by atomic mass is 35.5. The van der Waals surface area contributed by atoms with Crippen molar-refractivity contribution in [3.8, 4) is 11.5 Å². The molecule has 0 amide bonds. The maximum atomic E-state index is 9.49. The number of phenolic OH excluding ortho intramolecular Hbond substituents is 2. The zero-order valence-corrected chi connectivity index (χ0v) is 8.50. The summed E-state index contributed by atoms with van der Waals surface area (Å²) < 4.78 is 0. The standard InChI is InChI=1S/C10H13NO2.ClH/c11-10(6-1-2-6)8-5-7(12)3-4-9(8)13;/h3-6,10,12-13H,1-2,11H2;1H/t10-;/m0./s1. The van der Waals surface area contributed by atoms with Crippen molar-refractivity contribution in [3.05, 3.63) is 23.8 Å². The predicted octanol–water partition coefficient (Wildman–Crippen LogP) is 1.93. The van der Waals surface area contributed by atoms with E-state index in [-0.39, 0.29) is 29.9 Å². The summed E-state index contributed by atoms with van der Waals surface area (Å²) >= 11 is 0. The van der Waals surface area contributed by atoms with E-state index in [1.807, 2.05) is 0 Å². The van der Waals surface area contributed by atoms with Crippen molar-refractivity contribution >= 4 is 12.4 Å². The van der Waals surface area contributed by atoms with Gasteiger partial charge in [-0.15, -0.1) is 12.4 Å². The maximum Gasteiger partial charge on any atom is 0.120 e. The van der Waals surface area contributed by atoms with Crippen LogP contribution in [0.15, 0.2) is 18.2 Å². The molecule has 3 nitrogen and oxygen atoms in total. The Morgan fingerprint density at radius 2 is 1.93 bits per heavy atom. The van der Waals surface area contributed by atoms with Crippen LogP contribution in [0.1, 0.15) is 24.4 Å². The van der Waals surface area contributed by atoms with Crippen molar-refractivity contribution in [2.45, 2.75) is 18.9 Å². The number of hydrogen-bond acceptors (Lipinski definition) is 3. The second-order valence-electron chi connectivity index (χ2n) is 3.61. The Labute approximate surface area is 89.0 Å². The van der Waals surface area contributed by atoms with E-state index >= 15 is 0 Å². The van der Waals surface area contributed by atoms with Gasteiger partial charge in [0.2, 0.25) is 0 Å². The molecule has 0 saturated heterocycles. The topological polar surface area (TPSA) is 66.5 Å². The molecule has 0 aromatic heterocycles. The molecule has 0 unspecified atom stereocenters. The summed E-state index contributed by atoms with van der Waals surface area (Å²) in [4.78, 5) is 0. The van der Waals surface area contributed by atoms with E-state index in [1.54, 1.807) is 6.07 Å². The van der Waals surface area contributed by atoms with Crippen molar-refractivity contribution in [1.82, 2.24) is 0 Å². The number of phenols is 2. The van der Waals surface area contributed by atoms with Crippen molar-refractivity contribution in [3.63, 3.8) is 0 Å². The van der Waals surface area contributed by atoms with Gasteiger partial charge in [0.15, 0.2) is 0 Å². The molecule has 78 valence electrons. The zero-order chi connectivity index (χ0) is 9.42. The van der Waals surface area contributed by atoms with Crippen molar-refractivity contribution < 1.29 is 10.2 Å². The second-order valence-corrected chi connectivity index (χ2v) is 3.61. The van der Waals surface area contributed by atoms with E-state index in [0.717, 1.165) is 12.8 Å². The van der Waals surface area contributed by atoms with Crippen LogP contribution in [0, 0.1) is 5.92 Å². The molecule has 0 spiro atoms. The molecule has 4 N–H and O–H groups in total. The van der Waals surface area contributed by atoms with Crippen molar-refractivity contribution in [2.75, 3.05) is 0 Å². The quantitative estimate of drug-likeness (QED) is 0.661. The molecule has 1 fully saturated rings. The number of halogens is 1.